The second-order valence-corrected chi connectivity index (χ2v) is 11.1. The highest BCUT2D eigenvalue weighted by molar-refractivity contribution is 5.94. The van der Waals surface area contributed by atoms with E-state index in [9.17, 15) is 9.59 Å². The Morgan fingerprint density at radius 2 is 1.74 bits per heavy atom. The maximum Gasteiger partial charge on any atom is 0.410 e. The van der Waals surface area contributed by atoms with E-state index in [1.54, 1.807) is 17.8 Å². The molecule has 2 aliphatic heterocycles. The molecule has 35 heavy (non-hydrogen) atoms. The summed E-state index contributed by atoms with van der Waals surface area (Å²) in [6.07, 6.45) is 9.70. The number of aromatic nitrogens is 3. The molecule has 5 heterocycles. The first-order valence-corrected chi connectivity index (χ1v) is 12.5. The van der Waals surface area contributed by atoms with Gasteiger partial charge in [0.05, 0.1) is 0 Å². The number of likely N-dealkylation sites (tertiary alicyclic amines) is 1. The molecule has 3 aromatic heterocycles. The number of nitrogens with zero attached hydrogens (tertiary/aromatic N) is 4. The first-order valence-electron chi connectivity index (χ1n) is 12.5. The SMILES string of the molecule is Cn1cc(-c2ccc(N3CCC4(CCN(C(=O)OC(C)(C)C)CC4)CC3)nc2)c2cc[nH]c2c1=O. The molecule has 5 rings (SSSR count). The normalized spacial score (nSPS) is 18.3. The number of carbonyl (C=O) groups is 1. The Balaban J connectivity index is 1.22. The lowest BCUT2D eigenvalue weighted by Gasteiger charge is -2.47. The van der Waals surface area contributed by atoms with Crippen LogP contribution in [0, 0.1) is 5.41 Å². The van der Waals surface area contributed by atoms with E-state index in [1.807, 2.05) is 44.1 Å². The van der Waals surface area contributed by atoms with Gasteiger partial charge in [0.25, 0.3) is 5.56 Å². The highest BCUT2D eigenvalue weighted by Gasteiger charge is 2.39. The number of aromatic amines is 1. The van der Waals surface area contributed by atoms with E-state index in [0.29, 0.717) is 10.9 Å². The predicted molar refractivity (Wildman–Crippen MR) is 138 cm³/mol. The molecule has 0 aromatic carbocycles. The van der Waals surface area contributed by atoms with E-state index >= 15 is 0 Å². The summed E-state index contributed by atoms with van der Waals surface area (Å²) < 4.78 is 7.16. The number of piperidine rings is 2. The minimum atomic E-state index is -0.453. The third-order valence-electron chi connectivity index (χ3n) is 7.58. The molecule has 0 saturated carbocycles. The molecule has 0 radical (unpaired) electrons. The Labute approximate surface area is 205 Å². The molecule has 2 fully saturated rings. The average Bonchev–Trinajstić information content (AvgIpc) is 3.32. The van der Waals surface area contributed by atoms with Gasteiger partial charge in [0.15, 0.2) is 0 Å². The van der Waals surface area contributed by atoms with Crippen molar-refractivity contribution in [2.45, 2.75) is 52.1 Å². The van der Waals surface area contributed by atoms with Gasteiger partial charge in [-0.25, -0.2) is 9.78 Å². The number of anilines is 1. The fourth-order valence-electron chi connectivity index (χ4n) is 5.43. The molecule has 0 unspecified atom stereocenters. The van der Waals surface area contributed by atoms with Gasteiger partial charge in [0.1, 0.15) is 16.9 Å². The summed E-state index contributed by atoms with van der Waals surface area (Å²) in [5.74, 6) is 0.991. The lowest BCUT2D eigenvalue weighted by atomic mass is 9.71. The van der Waals surface area contributed by atoms with Gasteiger partial charge in [-0.05, 0) is 70.1 Å². The molecule has 0 aliphatic carbocycles. The van der Waals surface area contributed by atoms with E-state index in [2.05, 4.69) is 22.0 Å². The molecule has 2 aliphatic rings. The predicted octanol–water partition coefficient (Wildman–Crippen LogP) is 4.55. The van der Waals surface area contributed by atoms with Gasteiger partial charge in [-0.1, -0.05) is 0 Å². The zero-order valence-corrected chi connectivity index (χ0v) is 21.1. The van der Waals surface area contributed by atoms with Crippen LogP contribution < -0.4 is 10.5 Å². The van der Waals surface area contributed by atoms with Crippen molar-refractivity contribution in [2.24, 2.45) is 12.5 Å². The number of hydrogen-bond acceptors (Lipinski definition) is 5. The van der Waals surface area contributed by atoms with Crippen molar-refractivity contribution in [1.29, 1.82) is 0 Å². The molecule has 2 saturated heterocycles. The van der Waals surface area contributed by atoms with Crippen molar-refractivity contribution in [3.05, 3.63) is 47.1 Å². The Bertz CT molecular complexity index is 1270. The number of aryl methyl sites for hydroxylation is 1. The highest BCUT2D eigenvalue weighted by Crippen LogP contribution is 2.42. The molecule has 0 bridgehead atoms. The van der Waals surface area contributed by atoms with Gasteiger partial charge < -0.3 is 24.1 Å². The van der Waals surface area contributed by atoms with Crippen LogP contribution in [0.5, 0.6) is 0 Å². The quantitative estimate of drug-likeness (QED) is 0.586. The van der Waals surface area contributed by atoms with Crippen LogP contribution in [0.4, 0.5) is 10.6 Å². The van der Waals surface area contributed by atoms with E-state index in [1.165, 1.54) is 0 Å². The van der Waals surface area contributed by atoms with Gasteiger partial charge in [0.2, 0.25) is 0 Å². The fraction of sp³-hybridized carbons (Fsp3) is 0.519. The van der Waals surface area contributed by atoms with Crippen molar-refractivity contribution in [3.63, 3.8) is 0 Å². The number of nitrogens with one attached hydrogen (secondary N) is 1. The fourth-order valence-corrected chi connectivity index (χ4v) is 5.43. The van der Waals surface area contributed by atoms with Crippen LogP contribution in [0.2, 0.25) is 0 Å². The van der Waals surface area contributed by atoms with E-state index in [-0.39, 0.29) is 11.7 Å². The summed E-state index contributed by atoms with van der Waals surface area (Å²) >= 11 is 0. The zero-order chi connectivity index (χ0) is 24.8. The molecular weight excluding hydrogens is 442 g/mol. The van der Waals surface area contributed by atoms with Gasteiger partial charge in [0, 0.05) is 68.3 Å². The van der Waals surface area contributed by atoms with Gasteiger partial charge in [-0.2, -0.15) is 0 Å². The van der Waals surface area contributed by atoms with Crippen LogP contribution in [0.15, 0.2) is 41.6 Å². The molecule has 186 valence electrons. The Kier molecular flexibility index (Phi) is 5.85. The summed E-state index contributed by atoms with van der Waals surface area (Å²) in [5.41, 5.74) is 2.44. The zero-order valence-electron chi connectivity index (χ0n) is 21.1. The summed E-state index contributed by atoms with van der Waals surface area (Å²) in [7, 11) is 1.77. The first kappa shape index (κ1) is 23.5. The van der Waals surface area contributed by atoms with Crippen molar-refractivity contribution >= 4 is 22.8 Å². The molecule has 1 amide bonds. The van der Waals surface area contributed by atoms with E-state index < -0.39 is 5.60 Å². The molecule has 1 N–H and O–H groups in total. The third kappa shape index (κ3) is 4.66. The Hall–Kier alpha value is -3.29. The van der Waals surface area contributed by atoms with E-state index in [0.717, 1.165) is 74.2 Å². The minimum Gasteiger partial charge on any atom is -0.444 e. The average molecular weight is 478 g/mol. The number of amides is 1. The number of rotatable bonds is 2. The van der Waals surface area contributed by atoms with Gasteiger partial charge >= 0.3 is 6.09 Å². The number of ether oxygens (including phenoxy) is 1. The number of H-pyrrole nitrogens is 1. The second-order valence-electron chi connectivity index (χ2n) is 11.1. The lowest BCUT2D eigenvalue weighted by Crippen LogP contribution is -2.49. The number of hydrogen-bond donors (Lipinski definition) is 1. The molecule has 8 heteroatoms. The standard InChI is InChI=1S/C27H35N5O3/c1-26(2,3)35-25(34)32-15-10-27(11-16-32)8-13-31(14-9-27)22-6-5-19(17-29-22)21-18-30(4)24(33)23-20(21)7-12-28-23/h5-7,12,17-18,28H,8-11,13-16H2,1-4H3. The topological polar surface area (TPSA) is 83.5 Å². The van der Waals surface area contributed by atoms with Crippen LogP contribution in [0.3, 0.4) is 0 Å². The molecule has 3 aromatic rings. The first-order chi connectivity index (χ1) is 16.6. The van der Waals surface area contributed by atoms with Crippen molar-refractivity contribution in [2.75, 3.05) is 31.1 Å². The van der Waals surface area contributed by atoms with Crippen molar-refractivity contribution in [3.8, 4) is 11.1 Å². The minimum absolute atomic E-state index is 0.0301. The smallest absolute Gasteiger partial charge is 0.410 e. The molecule has 1 spiro atoms. The van der Waals surface area contributed by atoms with Gasteiger partial charge in [-0.15, -0.1) is 0 Å². The van der Waals surface area contributed by atoms with Crippen LogP contribution in [-0.2, 0) is 11.8 Å². The number of pyridine rings is 2. The van der Waals surface area contributed by atoms with Crippen LogP contribution in [0.25, 0.3) is 22.0 Å². The maximum atomic E-state index is 12.4. The lowest BCUT2D eigenvalue weighted by molar-refractivity contribution is 0.00664. The third-order valence-corrected chi connectivity index (χ3v) is 7.58. The van der Waals surface area contributed by atoms with E-state index in [4.69, 9.17) is 9.72 Å². The Morgan fingerprint density at radius 1 is 1.06 bits per heavy atom. The summed E-state index contributed by atoms with van der Waals surface area (Å²) in [6.45, 7) is 9.23. The molecular formula is C27H35N5O3. The number of fused-ring (bicyclic) bond motifs is 1. The monoisotopic (exact) mass is 477 g/mol. The van der Waals surface area contributed by atoms with Gasteiger partial charge in [-0.3, -0.25) is 4.79 Å². The summed E-state index contributed by atoms with van der Waals surface area (Å²) in [6, 6.07) is 6.12. The largest absolute Gasteiger partial charge is 0.444 e. The summed E-state index contributed by atoms with van der Waals surface area (Å²) in [4.78, 5) is 36.8. The van der Waals surface area contributed by atoms with Crippen molar-refractivity contribution in [1.82, 2.24) is 19.4 Å². The number of carbonyl (C=O) groups excluding carboxylic acids is 1. The van der Waals surface area contributed by atoms with Crippen molar-refractivity contribution < 1.29 is 9.53 Å². The second kappa shape index (κ2) is 8.73. The molecule has 8 nitrogen and oxygen atoms in total. The highest BCUT2D eigenvalue weighted by atomic mass is 16.6. The summed E-state index contributed by atoms with van der Waals surface area (Å²) in [5, 5.41) is 0.917. The Morgan fingerprint density at radius 3 is 2.37 bits per heavy atom. The maximum absolute atomic E-state index is 12.4. The van der Waals surface area contributed by atoms with Crippen LogP contribution >= 0.6 is 0 Å². The van der Waals surface area contributed by atoms with Crippen LogP contribution in [-0.4, -0.2) is 57.3 Å². The van der Waals surface area contributed by atoms with Crippen LogP contribution in [0.1, 0.15) is 46.5 Å². The molecule has 0 atom stereocenters.